The Labute approximate surface area is 829 Å². The van der Waals surface area contributed by atoms with Gasteiger partial charge in [0.2, 0.25) is 17.7 Å². The van der Waals surface area contributed by atoms with Crippen LogP contribution in [-0.4, -0.2) is 115 Å². The molecule has 710 valence electrons. The molecule has 31 heteroatoms. The zero-order valence-corrected chi connectivity index (χ0v) is 83.7. The fourth-order valence-electron chi connectivity index (χ4n) is 16.9. The molecule has 17 aromatic heterocycles. The number of nitrogens with zero attached hydrogens (tertiary/aromatic N) is 17. The highest BCUT2D eigenvalue weighted by molar-refractivity contribution is 7.22. The van der Waals surface area contributed by atoms with Crippen LogP contribution in [0.15, 0.2) is 239 Å². The highest BCUT2D eigenvalue weighted by Crippen LogP contribution is 2.39. The second kappa shape index (κ2) is 37.1. The number of H-pyrrole nitrogens is 6. The van der Waals surface area contributed by atoms with Gasteiger partial charge in [-0.05, 0) is 264 Å². The average molecular weight is 1940 g/mol. The first-order chi connectivity index (χ1) is 69.4. The minimum Gasteiger partial charge on any atom is -0.441 e. The summed E-state index contributed by atoms with van der Waals surface area (Å²) in [5.74, 6) is 8.93. The van der Waals surface area contributed by atoms with Crippen molar-refractivity contribution in [2.75, 3.05) is 0 Å². The summed E-state index contributed by atoms with van der Waals surface area (Å²) in [4.78, 5) is 95.7. The van der Waals surface area contributed by atoms with Crippen molar-refractivity contribution >= 4 is 176 Å². The Morgan fingerprint density at radius 3 is 1.07 bits per heavy atom. The molecule has 0 atom stereocenters. The monoisotopic (exact) mass is 1930 g/mol. The Morgan fingerprint density at radius 1 is 0.215 bits per heavy atom. The van der Waals surface area contributed by atoms with Crippen LogP contribution in [-0.2, 0) is 0 Å². The molecule has 6 N–H and O–H groups in total. The van der Waals surface area contributed by atoms with E-state index in [-0.39, 0.29) is 0 Å². The van der Waals surface area contributed by atoms with Crippen LogP contribution in [0.25, 0.3) is 233 Å². The maximum absolute atomic E-state index is 5.87. The lowest BCUT2D eigenvalue weighted by Crippen LogP contribution is -1.85. The minimum absolute atomic E-state index is 0.615. The van der Waals surface area contributed by atoms with Crippen LogP contribution in [0.2, 0.25) is 0 Å². The van der Waals surface area contributed by atoms with Crippen LogP contribution in [0.5, 0.6) is 0 Å². The molecule has 0 spiro atoms. The molecule has 0 aliphatic carbocycles. The third kappa shape index (κ3) is 18.9. The molecule has 0 saturated heterocycles. The first-order valence-corrected chi connectivity index (χ1v) is 48.5. The maximum Gasteiger partial charge on any atom is 0.227 e. The Morgan fingerprint density at radius 2 is 0.562 bits per heavy atom. The SMILES string of the molecule is Cc1ccc(-c2nc3cc4nc(C)oc4cc3o2)cc1.Cc1ccc(-c2nc3cc4oc(C)nc4cc3o2)cc1.Cc1ccc(-c2nc3nc4nc(C)[nH]c4cc3[nH]2)cn1.Cc1nc2cc3nc(-c4ccc(C)c(C)c4)[nH]c3cc2[nH]1.Cc1nc2cc3nc(-c4ccc(C)c(C)c4)oc3cc2o1.Cc1nc2cc3sc(-c4ccc(C)c(C)c4)nc3cc2s1.Cc1nc2nc3nc(-c4ccc(C)c(C)c4)[nH]c3cc2[nH]1. The van der Waals surface area contributed by atoms with E-state index in [1.165, 1.54) is 70.6 Å². The number of aryl methyl sites for hydroxylation is 18. The molecule has 0 saturated carbocycles. The number of hydrogen-bond acceptors (Lipinski definition) is 25. The van der Waals surface area contributed by atoms with E-state index < -0.39 is 0 Å². The maximum atomic E-state index is 5.87. The number of rotatable bonds is 7. The molecule has 29 nitrogen and oxygen atoms in total. The fraction of sp³-hybridized carbons (Fsp3) is 0.159. The van der Waals surface area contributed by atoms with Gasteiger partial charge in [0.05, 0.1) is 69.6 Å². The van der Waals surface area contributed by atoms with Crippen molar-refractivity contribution in [2.45, 2.75) is 125 Å². The summed E-state index contributed by atoms with van der Waals surface area (Å²) in [6.45, 7) is 36.3. The number of hydrogen-bond donors (Lipinski definition) is 6. The number of fused-ring (bicyclic) bond motifs is 14. The summed E-state index contributed by atoms with van der Waals surface area (Å²) in [6, 6.07) is 69.3. The van der Waals surface area contributed by atoms with Gasteiger partial charge in [0.15, 0.2) is 73.8 Å². The van der Waals surface area contributed by atoms with Gasteiger partial charge in [-0.15, -0.1) is 22.7 Å². The lowest BCUT2D eigenvalue weighted by molar-refractivity contribution is 0.559. The van der Waals surface area contributed by atoms with E-state index in [9.17, 15) is 0 Å². The smallest absolute Gasteiger partial charge is 0.227 e. The number of oxazole rings is 6. The van der Waals surface area contributed by atoms with Gasteiger partial charge in [-0.3, -0.25) is 4.98 Å². The molecule has 28 rings (SSSR count). The van der Waals surface area contributed by atoms with Gasteiger partial charge in [0, 0.05) is 95.9 Å². The fourth-order valence-corrected chi connectivity index (χ4v) is 18.7. The van der Waals surface area contributed by atoms with Crippen molar-refractivity contribution in [1.82, 2.24) is 115 Å². The van der Waals surface area contributed by atoms with Crippen LogP contribution in [0, 0.1) is 125 Å². The molecule has 0 fully saturated rings. The molecule has 0 radical (unpaired) electrons. The molecular weight excluding hydrogens is 1840 g/mol. The van der Waals surface area contributed by atoms with Crippen molar-refractivity contribution < 1.29 is 26.5 Å². The number of aromatic nitrogens is 23. The molecular formula is C113H95N23O6S2. The van der Waals surface area contributed by atoms with Crippen LogP contribution in [0.4, 0.5) is 0 Å². The number of benzene rings is 11. The number of nitrogens with one attached hydrogen (secondary N) is 6. The molecule has 144 heavy (non-hydrogen) atoms. The second-order valence-corrected chi connectivity index (χ2v) is 38.6. The first-order valence-electron chi connectivity index (χ1n) is 46.9. The third-order valence-corrected chi connectivity index (χ3v) is 27.2. The Hall–Kier alpha value is -17.7. The molecule has 0 unspecified atom stereocenters. The van der Waals surface area contributed by atoms with Crippen molar-refractivity contribution in [1.29, 1.82) is 0 Å². The molecule has 11 aromatic carbocycles. The largest absolute Gasteiger partial charge is 0.441 e. The van der Waals surface area contributed by atoms with Crippen molar-refractivity contribution in [3.8, 4) is 79.1 Å². The van der Waals surface area contributed by atoms with E-state index in [1.54, 1.807) is 28.9 Å². The van der Waals surface area contributed by atoms with E-state index in [0.717, 1.165) is 195 Å². The molecule has 17 heterocycles. The van der Waals surface area contributed by atoms with Gasteiger partial charge >= 0.3 is 0 Å². The van der Waals surface area contributed by atoms with Crippen LogP contribution in [0.3, 0.4) is 0 Å². The molecule has 28 aromatic rings. The van der Waals surface area contributed by atoms with E-state index in [4.69, 9.17) is 36.5 Å². The minimum atomic E-state index is 0.615. The number of thiazole rings is 2. The molecule has 0 amide bonds. The normalized spacial score (nSPS) is 11.5. The van der Waals surface area contributed by atoms with Gasteiger partial charge in [-0.2, -0.15) is 0 Å². The van der Waals surface area contributed by atoms with E-state index in [1.807, 2.05) is 177 Å². The summed E-state index contributed by atoms with van der Waals surface area (Å²) in [5, 5.41) is 2.19. The lowest BCUT2D eigenvalue weighted by Gasteiger charge is -2.02. The van der Waals surface area contributed by atoms with Crippen molar-refractivity contribution in [3.05, 3.63) is 314 Å². The number of imidazole rings is 6. The van der Waals surface area contributed by atoms with E-state index in [2.05, 4.69) is 259 Å². The predicted molar refractivity (Wildman–Crippen MR) is 571 cm³/mol. The second-order valence-electron chi connectivity index (χ2n) is 36.3. The van der Waals surface area contributed by atoms with E-state index >= 15 is 0 Å². The lowest BCUT2D eigenvalue weighted by atomic mass is 10.1. The highest BCUT2D eigenvalue weighted by Gasteiger charge is 2.21. The van der Waals surface area contributed by atoms with Gasteiger partial charge < -0.3 is 56.4 Å². The average Bonchev–Trinajstić information content (AvgIpc) is 1.66. The van der Waals surface area contributed by atoms with E-state index in [0.29, 0.717) is 69.1 Å². The summed E-state index contributed by atoms with van der Waals surface area (Å²) in [6.07, 6.45) is 1.81. The van der Waals surface area contributed by atoms with Crippen LogP contribution >= 0.6 is 22.7 Å². The van der Waals surface area contributed by atoms with Crippen molar-refractivity contribution in [3.63, 3.8) is 0 Å². The quantitative estimate of drug-likeness (QED) is 0.0863. The number of pyridine rings is 3. The van der Waals surface area contributed by atoms with Crippen LogP contribution in [0.1, 0.15) is 101 Å². The van der Waals surface area contributed by atoms with Gasteiger partial charge in [-0.25, -0.2) is 79.7 Å². The molecule has 0 aliphatic heterocycles. The first kappa shape index (κ1) is 91.4. The van der Waals surface area contributed by atoms with Crippen LogP contribution < -0.4 is 0 Å². The Kier molecular flexibility index (Phi) is 23.6. The molecule has 0 aliphatic rings. The summed E-state index contributed by atoms with van der Waals surface area (Å²) < 4.78 is 36.5. The number of aromatic amines is 6. The summed E-state index contributed by atoms with van der Waals surface area (Å²) in [7, 11) is 0. The highest BCUT2D eigenvalue weighted by atomic mass is 32.1. The molecule has 0 bridgehead atoms. The Bertz CT molecular complexity index is 8430. The van der Waals surface area contributed by atoms with Gasteiger partial charge in [0.1, 0.15) is 73.1 Å². The predicted octanol–water partition coefficient (Wildman–Crippen LogP) is 28.5. The van der Waals surface area contributed by atoms with Gasteiger partial charge in [-0.1, -0.05) is 77.9 Å². The zero-order valence-electron chi connectivity index (χ0n) is 82.1. The van der Waals surface area contributed by atoms with Gasteiger partial charge in [0.25, 0.3) is 0 Å². The van der Waals surface area contributed by atoms with Crippen molar-refractivity contribution in [2.24, 2.45) is 0 Å². The standard InChI is InChI=1S/C17H16N4.C17H14N2O2.C17H14N2S2.C16H15N5.2C16H12N2O2.C14H12N6/c1-9-4-5-12(6-10(9)2)17-20-15-7-13-14(8-16(15)21-17)19-11(3)18-13;1-9-4-5-12(6-10(9)2)17-19-14-7-13-15(8-16(14)21-17)20-11(3)18-13;1-9-4-5-12(6-10(9)2)17-19-14-8-15-13(7-16(14)21-17)18-11(3)20-15;1-8-4-5-11(6-9(8)2)14-19-13-7-12-15(18-10(3)17-12)21-16(13)20-14;1-9-3-5-11(6-4-9)16-18-13-8-14-12(7-15(13)20-16)17-10(2)19-14;1-9-3-5-11(6-4-9)16-18-13-7-12-14(8-15(13)20-16)19-10(2)17-12;1-7-3-4-9(6-15-7)12-18-11-5-10-13(17-8(2)16-10)20-14(11)19-12/h4-8H,1-3H3,(H,18,19)(H,20,21);2*4-8H,1-3H3;4-7H,1-3H3,(H2,17,18,19,20,21);2*3-8H,1-2H3;3-6H,1-2H3,(H2,16,17,18,19,20). The topological polar surface area (TPSA) is 393 Å². The zero-order chi connectivity index (χ0) is 99.3. The third-order valence-electron chi connectivity index (χ3n) is 25.2. The summed E-state index contributed by atoms with van der Waals surface area (Å²) in [5.41, 5.74) is 42.5. The Balaban J connectivity index is 0.0000000959. The summed E-state index contributed by atoms with van der Waals surface area (Å²) >= 11 is 3.47.